The van der Waals surface area contributed by atoms with Crippen LogP contribution in [0.25, 0.3) is 10.8 Å². The zero-order valence-electron chi connectivity index (χ0n) is 17.9. The number of guanidine groups is 1. The number of carbonyl (C=O) groups excluding carboxylic acids is 2. The SMILES string of the molecule is CC(C)(C)OC(=O)C(NC(=O)c1ccc2c(Cl)cnc(N=C(N)N)c2c1)C1CCCC1. The summed E-state index contributed by atoms with van der Waals surface area (Å²) >= 11 is 6.24. The molecular weight excluding hydrogens is 418 g/mol. The summed E-state index contributed by atoms with van der Waals surface area (Å²) < 4.78 is 5.57. The van der Waals surface area contributed by atoms with Crippen LogP contribution < -0.4 is 16.8 Å². The molecule has 0 bridgehead atoms. The second-order valence-electron chi connectivity index (χ2n) is 8.76. The third kappa shape index (κ3) is 5.64. The smallest absolute Gasteiger partial charge is 0.329 e. The number of nitrogens with zero attached hydrogens (tertiary/aromatic N) is 2. The van der Waals surface area contributed by atoms with Gasteiger partial charge in [-0.15, -0.1) is 0 Å². The Balaban J connectivity index is 1.92. The molecular formula is C22H28ClN5O3. The molecule has 0 spiro atoms. The van der Waals surface area contributed by atoms with Gasteiger partial charge in [0.15, 0.2) is 11.8 Å². The minimum absolute atomic E-state index is 0.0487. The molecule has 3 rings (SSSR count). The van der Waals surface area contributed by atoms with Gasteiger partial charge in [0.05, 0.1) is 5.02 Å². The first-order chi connectivity index (χ1) is 14.5. The van der Waals surface area contributed by atoms with Crippen molar-refractivity contribution in [3.8, 4) is 0 Å². The zero-order valence-corrected chi connectivity index (χ0v) is 18.7. The highest BCUT2D eigenvalue weighted by atomic mass is 35.5. The Hall–Kier alpha value is -2.87. The first-order valence-corrected chi connectivity index (χ1v) is 10.6. The molecule has 1 aliphatic carbocycles. The fraction of sp³-hybridized carbons (Fsp3) is 0.455. The molecule has 8 nitrogen and oxygen atoms in total. The van der Waals surface area contributed by atoms with Gasteiger partial charge in [-0.2, -0.15) is 4.99 Å². The summed E-state index contributed by atoms with van der Waals surface area (Å²) in [5, 5.41) is 4.49. The van der Waals surface area contributed by atoms with E-state index in [-0.39, 0.29) is 23.6 Å². The lowest BCUT2D eigenvalue weighted by molar-refractivity contribution is -0.158. The van der Waals surface area contributed by atoms with Gasteiger partial charge in [0, 0.05) is 22.5 Å². The fourth-order valence-electron chi connectivity index (χ4n) is 3.80. The Morgan fingerprint density at radius 1 is 1.23 bits per heavy atom. The van der Waals surface area contributed by atoms with Gasteiger partial charge in [0.1, 0.15) is 11.6 Å². The number of halogens is 1. The summed E-state index contributed by atoms with van der Waals surface area (Å²) in [4.78, 5) is 34.1. The number of ether oxygens (including phenoxy) is 1. The van der Waals surface area contributed by atoms with E-state index in [1.807, 2.05) is 20.8 Å². The number of esters is 1. The van der Waals surface area contributed by atoms with Crippen molar-refractivity contribution in [2.45, 2.75) is 58.1 Å². The second kappa shape index (κ2) is 9.09. The molecule has 9 heteroatoms. The summed E-state index contributed by atoms with van der Waals surface area (Å²) in [6.45, 7) is 5.43. The maximum Gasteiger partial charge on any atom is 0.329 e. The monoisotopic (exact) mass is 445 g/mol. The van der Waals surface area contributed by atoms with E-state index < -0.39 is 17.6 Å². The molecule has 1 saturated carbocycles. The van der Waals surface area contributed by atoms with E-state index in [2.05, 4.69) is 15.3 Å². The minimum atomic E-state index is -0.709. The molecule has 2 aromatic rings. The molecule has 1 aromatic heterocycles. The van der Waals surface area contributed by atoms with E-state index in [0.717, 1.165) is 25.7 Å². The standard InChI is InChI=1S/C22H28ClN5O3/c1-22(2,3)31-20(30)17(12-6-4-5-7-12)27-19(29)13-8-9-14-15(10-13)18(28-21(24)25)26-11-16(14)23/h8-12,17H,4-7H2,1-3H3,(H,27,29)(H4,24,25,26,28). The normalized spacial score (nSPS) is 15.5. The average molecular weight is 446 g/mol. The van der Waals surface area contributed by atoms with Crippen molar-refractivity contribution in [2.75, 3.05) is 0 Å². The Morgan fingerprint density at radius 2 is 1.90 bits per heavy atom. The number of carbonyl (C=O) groups is 2. The molecule has 166 valence electrons. The largest absolute Gasteiger partial charge is 0.458 e. The van der Waals surface area contributed by atoms with Gasteiger partial charge in [0.25, 0.3) is 5.91 Å². The van der Waals surface area contributed by atoms with Crippen LogP contribution in [-0.4, -0.2) is 34.5 Å². The van der Waals surface area contributed by atoms with Crippen LogP contribution in [0.4, 0.5) is 5.82 Å². The van der Waals surface area contributed by atoms with E-state index in [9.17, 15) is 9.59 Å². The van der Waals surface area contributed by atoms with Crippen LogP contribution in [0.15, 0.2) is 29.4 Å². The fourth-order valence-corrected chi connectivity index (χ4v) is 4.01. The highest BCUT2D eigenvalue weighted by Gasteiger charge is 2.35. The number of rotatable bonds is 5. The van der Waals surface area contributed by atoms with E-state index in [1.165, 1.54) is 6.20 Å². The molecule has 5 N–H and O–H groups in total. The molecule has 0 saturated heterocycles. The van der Waals surface area contributed by atoms with Gasteiger partial charge in [-0.05, 0) is 51.7 Å². The Morgan fingerprint density at radius 3 is 2.52 bits per heavy atom. The highest BCUT2D eigenvalue weighted by Crippen LogP contribution is 2.31. The lowest BCUT2D eigenvalue weighted by Gasteiger charge is -2.27. The van der Waals surface area contributed by atoms with E-state index in [1.54, 1.807) is 18.2 Å². The van der Waals surface area contributed by atoms with Crippen LogP contribution in [0.3, 0.4) is 0 Å². The van der Waals surface area contributed by atoms with Crippen molar-refractivity contribution in [3.05, 3.63) is 35.0 Å². The average Bonchev–Trinajstić information content (AvgIpc) is 3.20. The summed E-state index contributed by atoms with van der Waals surface area (Å²) in [6.07, 6.45) is 5.25. The summed E-state index contributed by atoms with van der Waals surface area (Å²) in [6, 6.07) is 4.26. The summed E-state index contributed by atoms with van der Waals surface area (Å²) in [5.41, 5.74) is 10.7. The number of hydrogen-bond acceptors (Lipinski definition) is 5. The molecule has 1 aromatic carbocycles. The summed E-state index contributed by atoms with van der Waals surface area (Å²) in [5.74, 6) is -0.655. The third-order valence-corrected chi connectivity index (χ3v) is 5.43. The van der Waals surface area contributed by atoms with E-state index in [0.29, 0.717) is 21.4 Å². The van der Waals surface area contributed by atoms with Crippen molar-refractivity contribution in [1.29, 1.82) is 0 Å². The van der Waals surface area contributed by atoms with Crippen LogP contribution in [0.1, 0.15) is 56.8 Å². The molecule has 1 fully saturated rings. The van der Waals surface area contributed by atoms with Crippen LogP contribution in [-0.2, 0) is 9.53 Å². The van der Waals surface area contributed by atoms with Gasteiger partial charge >= 0.3 is 5.97 Å². The highest BCUT2D eigenvalue weighted by molar-refractivity contribution is 6.35. The number of aliphatic imine (C=N–C) groups is 1. The van der Waals surface area contributed by atoms with Crippen LogP contribution >= 0.6 is 11.6 Å². The number of benzene rings is 1. The van der Waals surface area contributed by atoms with Gasteiger partial charge < -0.3 is 21.5 Å². The second-order valence-corrected chi connectivity index (χ2v) is 9.16. The predicted octanol–water partition coefficient (Wildman–Crippen LogP) is 3.42. The maximum absolute atomic E-state index is 13.1. The van der Waals surface area contributed by atoms with Crippen molar-refractivity contribution in [3.63, 3.8) is 0 Å². The first kappa shape index (κ1) is 22.8. The maximum atomic E-state index is 13.1. The Labute approximate surface area is 186 Å². The van der Waals surface area contributed by atoms with E-state index >= 15 is 0 Å². The number of hydrogen-bond donors (Lipinski definition) is 3. The summed E-state index contributed by atoms with van der Waals surface area (Å²) in [7, 11) is 0. The Kier molecular flexibility index (Phi) is 6.69. The third-order valence-electron chi connectivity index (χ3n) is 5.13. The molecule has 0 radical (unpaired) electrons. The molecule has 1 aliphatic rings. The Bertz CT molecular complexity index is 1020. The van der Waals surface area contributed by atoms with Gasteiger partial charge in [-0.3, -0.25) is 4.79 Å². The molecule has 1 heterocycles. The van der Waals surface area contributed by atoms with Crippen molar-refractivity contribution in [2.24, 2.45) is 22.4 Å². The number of pyridine rings is 1. The first-order valence-electron chi connectivity index (χ1n) is 10.3. The molecule has 1 amide bonds. The molecule has 1 unspecified atom stereocenters. The molecule has 1 atom stereocenters. The zero-order chi connectivity index (χ0) is 22.8. The van der Waals surface area contributed by atoms with Crippen LogP contribution in [0, 0.1) is 5.92 Å². The lowest BCUT2D eigenvalue weighted by Crippen LogP contribution is -2.48. The number of nitrogens with two attached hydrogens (primary N) is 2. The van der Waals surface area contributed by atoms with Gasteiger partial charge in [-0.25, -0.2) is 9.78 Å². The quantitative estimate of drug-likeness (QED) is 0.367. The molecule has 0 aliphatic heterocycles. The van der Waals surface area contributed by atoms with Crippen LogP contribution in [0.5, 0.6) is 0 Å². The number of nitrogens with one attached hydrogen (secondary N) is 1. The topological polar surface area (TPSA) is 133 Å². The lowest BCUT2D eigenvalue weighted by atomic mass is 9.97. The van der Waals surface area contributed by atoms with Crippen LogP contribution in [0.2, 0.25) is 5.02 Å². The van der Waals surface area contributed by atoms with Crippen molar-refractivity contribution < 1.29 is 14.3 Å². The minimum Gasteiger partial charge on any atom is -0.458 e. The van der Waals surface area contributed by atoms with E-state index in [4.69, 9.17) is 27.8 Å². The van der Waals surface area contributed by atoms with Gasteiger partial charge in [-0.1, -0.05) is 30.5 Å². The van der Waals surface area contributed by atoms with Crippen molar-refractivity contribution in [1.82, 2.24) is 10.3 Å². The van der Waals surface area contributed by atoms with Crippen molar-refractivity contribution >= 4 is 46.0 Å². The number of aromatic nitrogens is 1. The number of amides is 1. The number of fused-ring (bicyclic) bond motifs is 1. The van der Waals surface area contributed by atoms with Gasteiger partial charge in [0.2, 0.25) is 0 Å². The predicted molar refractivity (Wildman–Crippen MR) is 121 cm³/mol. The molecule has 31 heavy (non-hydrogen) atoms.